The molecule has 0 amide bonds. The smallest absolute Gasteiger partial charge is 0.309 e. The van der Waals surface area contributed by atoms with Crippen molar-refractivity contribution in [1.29, 1.82) is 0 Å². The minimum absolute atomic E-state index is 0.528. The molecule has 0 aliphatic heterocycles. The monoisotopic (exact) mass is 228 g/mol. The molecule has 0 aromatic heterocycles. The van der Waals surface area contributed by atoms with Crippen LogP contribution in [0.15, 0.2) is 18.2 Å². The predicted octanol–water partition coefficient (Wildman–Crippen LogP) is 2.40. The summed E-state index contributed by atoms with van der Waals surface area (Å²) in [5, 5.41) is 19.0. The lowest BCUT2D eigenvalue weighted by atomic mass is 9.97. The Bertz CT molecular complexity index is 376. The zero-order valence-electron chi connectivity index (χ0n) is 8.57. The fourth-order valence-corrected chi connectivity index (χ4v) is 1.41. The number of carbonyl (C=O) groups is 1. The van der Waals surface area contributed by atoms with Gasteiger partial charge < -0.3 is 10.2 Å². The van der Waals surface area contributed by atoms with Crippen molar-refractivity contribution in [3.8, 4) is 0 Å². The van der Waals surface area contributed by atoms with Gasteiger partial charge in [0, 0.05) is 5.02 Å². The zero-order valence-corrected chi connectivity index (χ0v) is 9.32. The molecule has 0 saturated carbocycles. The number of rotatable bonds is 3. The number of carboxylic acid groups (broad SMARTS) is 1. The number of hydrogen-bond donors (Lipinski definition) is 2. The summed E-state index contributed by atoms with van der Waals surface area (Å²) >= 11 is 5.88. The molecular formula is C11H13ClO3. The lowest BCUT2D eigenvalue weighted by Crippen LogP contribution is -2.18. The van der Waals surface area contributed by atoms with Gasteiger partial charge in [-0.3, -0.25) is 4.79 Å². The molecule has 1 aromatic rings. The molecule has 0 bridgehead atoms. The Morgan fingerprint density at radius 1 is 1.47 bits per heavy atom. The SMILES string of the molecule is Cc1ccc(C(O)C(C)C(=O)O)cc1Cl. The first-order valence-corrected chi connectivity index (χ1v) is 4.98. The molecule has 0 heterocycles. The van der Waals surface area contributed by atoms with Gasteiger partial charge in [0.25, 0.3) is 0 Å². The number of carboxylic acids is 1. The van der Waals surface area contributed by atoms with Gasteiger partial charge in [-0.25, -0.2) is 0 Å². The van der Waals surface area contributed by atoms with Gasteiger partial charge in [-0.05, 0) is 31.0 Å². The molecule has 2 unspecified atom stereocenters. The fourth-order valence-electron chi connectivity index (χ4n) is 1.22. The maximum Gasteiger partial charge on any atom is 0.309 e. The van der Waals surface area contributed by atoms with E-state index in [2.05, 4.69) is 0 Å². The van der Waals surface area contributed by atoms with Crippen LogP contribution in [0.1, 0.15) is 24.2 Å². The average molecular weight is 229 g/mol. The van der Waals surface area contributed by atoms with E-state index in [0.717, 1.165) is 5.56 Å². The van der Waals surface area contributed by atoms with E-state index < -0.39 is 18.0 Å². The van der Waals surface area contributed by atoms with Crippen molar-refractivity contribution in [1.82, 2.24) is 0 Å². The highest BCUT2D eigenvalue weighted by molar-refractivity contribution is 6.31. The van der Waals surface area contributed by atoms with Crippen molar-refractivity contribution in [2.24, 2.45) is 5.92 Å². The topological polar surface area (TPSA) is 57.5 Å². The maximum absolute atomic E-state index is 10.7. The largest absolute Gasteiger partial charge is 0.481 e. The molecule has 1 rings (SSSR count). The predicted molar refractivity (Wildman–Crippen MR) is 57.9 cm³/mol. The van der Waals surface area contributed by atoms with E-state index in [4.69, 9.17) is 16.7 Å². The van der Waals surface area contributed by atoms with Crippen molar-refractivity contribution < 1.29 is 15.0 Å². The number of aryl methyl sites for hydroxylation is 1. The zero-order chi connectivity index (χ0) is 11.6. The number of benzene rings is 1. The molecule has 1 aromatic carbocycles. The molecule has 2 atom stereocenters. The highest BCUT2D eigenvalue weighted by atomic mass is 35.5. The molecule has 2 N–H and O–H groups in total. The lowest BCUT2D eigenvalue weighted by molar-refractivity contribution is -0.145. The summed E-state index contributed by atoms with van der Waals surface area (Å²) in [6, 6.07) is 5.04. The van der Waals surface area contributed by atoms with Gasteiger partial charge in [0.1, 0.15) is 0 Å². The van der Waals surface area contributed by atoms with Gasteiger partial charge in [0.15, 0.2) is 0 Å². The molecule has 0 spiro atoms. The standard InChI is InChI=1S/C11H13ClO3/c1-6-3-4-8(5-9(6)12)10(13)7(2)11(14)15/h3-5,7,10,13H,1-2H3,(H,14,15). The minimum atomic E-state index is -1.03. The minimum Gasteiger partial charge on any atom is -0.481 e. The lowest BCUT2D eigenvalue weighted by Gasteiger charge is -2.15. The molecule has 0 saturated heterocycles. The second-order valence-corrected chi connectivity index (χ2v) is 3.99. The fraction of sp³-hybridized carbons (Fsp3) is 0.364. The summed E-state index contributed by atoms with van der Waals surface area (Å²) in [6.45, 7) is 3.31. The second kappa shape index (κ2) is 4.64. The number of hydrogen-bond acceptors (Lipinski definition) is 2. The van der Waals surface area contributed by atoms with E-state index in [9.17, 15) is 9.90 Å². The van der Waals surface area contributed by atoms with E-state index in [1.807, 2.05) is 6.92 Å². The average Bonchev–Trinajstić information content (AvgIpc) is 2.19. The van der Waals surface area contributed by atoms with Gasteiger partial charge in [0.2, 0.25) is 0 Å². The van der Waals surface area contributed by atoms with Crippen LogP contribution in [0.2, 0.25) is 5.02 Å². The molecule has 0 aliphatic rings. The molecule has 15 heavy (non-hydrogen) atoms. The molecule has 4 heteroatoms. The maximum atomic E-state index is 10.7. The Morgan fingerprint density at radius 3 is 2.53 bits per heavy atom. The number of halogens is 1. The van der Waals surface area contributed by atoms with Gasteiger partial charge in [0.05, 0.1) is 12.0 Å². The van der Waals surface area contributed by atoms with E-state index in [1.54, 1.807) is 18.2 Å². The van der Waals surface area contributed by atoms with Crippen LogP contribution in [0, 0.1) is 12.8 Å². The number of aliphatic carboxylic acids is 1. The summed E-state index contributed by atoms with van der Waals surface area (Å²) in [4.78, 5) is 10.7. The third kappa shape index (κ3) is 2.70. The Balaban J connectivity index is 2.96. The van der Waals surface area contributed by atoms with Crippen molar-refractivity contribution in [3.05, 3.63) is 34.3 Å². The van der Waals surface area contributed by atoms with Crippen molar-refractivity contribution in [2.75, 3.05) is 0 Å². The molecular weight excluding hydrogens is 216 g/mol. The van der Waals surface area contributed by atoms with Crippen molar-refractivity contribution in [2.45, 2.75) is 20.0 Å². The number of aliphatic hydroxyl groups excluding tert-OH is 1. The van der Waals surface area contributed by atoms with Gasteiger partial charge in [-0.1, -0.05) is 23.7 Å². The summed E-state index contributed by atoms with van der Waals surface area (Å²) in [5.41, 5.74) is 1.43. The first kappa shape index (κ1) is 12.0. The molecule has 3 nitrogen and oxygen atoms in total. The Kier molecular flexibility index (Phi) is 3.72. The summed E-state index contributed by atoms with van der Waals surface area (Å²) in [6.07, 6.45) is -1.03. The summed E-state index contributed by atoms with van der Waals surface area (Å²) in [5.74, 6) is -1.87. The quantitative estimate of drug-likeness (QED) is 0.835. The van der Waals surface area contributed by atoms with Crippen LogP contribution in [0.4, 0.5) is 0 Å². The molecule has 0 fully saturated rings. The van der Waals surface area contributed by atoms with Gasteiger partial charge >= 0.3 is 5.97 Å². The van der Waals surface area contributed by atoms with Gasteiger partial charge in [-0.2, -0.15) is 0 Å². The Labute approximate surface area is 93.3 Å². The summed E-state index contributed by atoms with van der Waals surface area (Å²) < 4.78 is 0. The van der Waals surface area contributed by atoms with Crippen LogP contribution in [0.25, 0.3) is 0 Å². The third-order valence-electron chi connectivity index (χ3n) is 2.40. The van der Waals surface area contributed by atoms with Crippen LogP contribution < -0.4 is 0 Å². The highest BCUT2D eigenvalue weighted by Crippen LogP contribution is 2.26. The third-order valence-corrected chi connectivity index (χ3v) is 2.81. The van der Waals surface area contributed by atoms with Crippen LogP contribution in [-0.4, -0.2) is 16.2 Å². The van der Waals surface area contributed by atoms with E-state index in [0.29, 0.717) is 10.6 Å². The normalized spacial score (nSPS) is 14.7. The highest BCUT2D eigenvalue weighted by Gasteiger charge is 2.23. The van der Waals surface area contributed by atoms with Gasteiger partial charge in [-0.15, -0.1) is 0 Å². The first-order chi connectivity index (χ1) is 6.93. The van der Waals surface area contributed by atoms with E-state index >= 15 is 0 Å². The van der Waals surface area contributed by atoms with Crippen molar-refractivity contribution in [3.63, 3.8) is 0 Å². The second-order valence-electron chi connectivity index (χ2n) is 3.58. The number of aliphatic hydroxyl groups is 1. The van der Waals surface area contributed by atoms with Crippen molar-refractivity contribution >= 4 is 17.6 Å². The Morgan fingerprint density at radius 2 is 2.07 bits per heavy atom. The summed E-state index contributed by atoms with van der Waals surface area (Å²) in [7, 11) is 0. The van der Waals surface area contributed by atoms with Crippen LogP contribution in [0.5, 0.6) is 0 Å². The van der Waals surface area contributed by atoms with Crippen LogP contribution >= 0.6 is 11.6 Å². The van der Waals surface area contributed by atoms with Crippen LogP contribution in [-0.2, 0) is 4.79 Å². The van der Waals surface area contributed by atoms with E-state index in [-0.39, 0.29) is 0 Å². The van der Waals surface area contributed by atoms with E-state index in [1.165, 1.54) is 6.92 Å². The molecule has 0 aliphatic carbocycles. The van der Waals surface area contributed by atoms with Crippen LogP contribution in [0.3, 0.4) is 0 Å². The first-order valence-electron chi connectivity index (χ1n) is 4.60. The molecule has 82 valence electrons. The Hall–Kier alpha value is -1.06. The molecule has 0 radical (unpaired) electrons.